The number of hydrogen-bond acceptors (Lipinski definition) is 7. The lowest BCUT2D eigenvalue weighted by Crippen LogP contribution is -2.27. The summed E-state index contributed by atoms with van der Waals surface area (Å²) in [6, 6.07) is 4.03. The monoisotopic (exact) mass is 415 g/mol. The number of aromatic amines is 2. The van der Waals surface area contributed by atoms with Gasteiger partial charge in [0.1, 0.15) is 0 Å². The van der Waals surface area contributed by atoms with Crippen LogP contribution in [0.5, 0.6) is 0 Å². The zero-order valence-electron chi connectivity index (χ0n) is 16.5. The number of anilines is 1. The first kappa shape index (κ1) is 20.6. The van der Waals surface area contributed by atoms with Crippen molar-refractivity contribution in [1.82, 2.24) is 20.2 Å². The van der Waals surface area contributed by atoms with Crippen molar-refractivity contribution in [3.8, 4) is 0 Å². The van der Waals surface area contributed by atoms with E-state index in [-0.39, 0.29) is 29.2 Å². The average Bonchev–Trinajstić information content (AvgIpc) is 3.07. The molecule has 0 atom stereocenters. The molecule has 9 nitrogen and oxygen atoms in total. The molecule has 0 aliphatic rings. The second-order valence-corrected chi connectivity index (χ2v) is 7.69. The minimum atomic E-state index is -0.567. The first-order valence-corrected chi connectivity index (χ1v) is 9.86. The van der Waals surface area contributed by atoms with Crippen molar-refractivity contribution in [3.05, 3.63) is 66.8 Å². The standard InChI is InChI=1S/C19H21N5O4S/c1-9-5-10(2)16(11(3)6-9)21-14(25)8-29-19-24-23-15(28-19)7-13-12(4)20-18(27)22-17(13)26/h5-6H,7-8H2,1-4H3,(H,21,25)(H2,20,22,26,27). The SMILES string of the molecule is Cc1cc(C)c(NC(=O)CSc2nnc(Cc3c(C)[nH]c(=O)[nH]c3=O)o2)c(C)c1. The number of amides is 1. The molecule has 0 aliphatic heterocycles. The van der Waals surface area contributed by atoms with Gasteiger partial charge in [-0.1, -0.05) is 29.5 Å². The maximum atomic E-state index is 12.3. The number of carbonyl (C=O) groups excluding carboxylic acids is 1. The minimum absolute atomic E-state index is 0.0828. The summed E-state index contributed by atoms with van der Waals surface area (Å²) in [4.78, 5) is 40.2. The van der Waals surface area contributed by atoms with Gasteiger partial charge >= 0.3 is 5.69 Å². The van der Waals surface area contributed by atoms with Gasteiger partial charge in [-0.25, -0.2) is 4.79 Å². The maximum absolute atomic E-state index is 12.3. The van der Waals surface area contributed by atoms with Crippen molar-refractivity contribution in [2.45, 2.75) is 39.3 Å². The first-order valence-electron chi connectivity index (χ1n) is 8.88. The molecule has 0 saturated heterocycles. The van der Waals surface area contributed by atoms with Crippen LogP contribution in [0.3, 0.4) is 0 Å². The third-order valence-electron chi connectivity index (χ3n) is 4.30. The lowest BCUT2D eigenvalue weighted by atomic mass is 10.1. The number of H-pyrrole nitrogens is 2. The lowest BCUT2D eigenvalue weighted by molar-refractivity contribution is -0.113. The molecule has 152 valence electrons. The van der Waals surface area contributed by atoms with Gasteiger partial charge in [-0.2, -0.15) is 0 Å². The molecule has 0 spiro atoms. The van der Waals surface area contributed by atoms with Crippen LogP contribution in [0.4, 0.5) is 5.69 Å². The molecule has 10 heteroatoms. The number of aryl methyl sites for hydroxylation is 4. The molecular formula is C19H21N5O4S. The van der Waals surface area contributed by atoms with Crippen LogP contribution in [0.1, 0.15) is 33.8 Å². The molecule has 0 fully saturated rings. The largest absolute Gasteiger partial charge is 0.416 e. The lowest BCUT2D eigenvalue weighted by Gasteiger charge is -2.12. The highest BCUT2D eigenvalue weighted by atomic mass is 32.2. The van der Waals surface area contributed by atoms with E-state index in [0.717, 1.165) is 34.1 Å². The molecule has 0 saturated carbocycles. The van der Waals surface area contributed by atoms with Crippen molar-refractivity contribution < 1.29 is 9.21 Å². The van der Waals surface area contributed by atoms with Crippen molar-refractivity contribution in [2.24, 2.45) is 0 Å². The smallest absolute Gasteiger partial charge is 0.325 e. The van der Waals surface area contributed by atoms with Crippen molar-refractivity contribution in [1.29, 1.82) is 0 Å². The van der Waals surface area contributed by atoms with Gasteiger partial charge in [-0.3, -0.25) is 14.6 Å². The molecule has 3 rings (SSSR count). The second-order valence-electron chi connectivity index (χ2n) is 6.76. The van der Waals surface area contributed by atoms with Gasteiger partial charge in [0, 0.05) is 16.9 Å². The topological polar surface area (TPSA) is 134 Å². The number of nitrogens with one attached hydrogen (secondary N) is 3. The number of hydrogen-bond donors (Lipinski definition) is 3. The summed E-state index contributed by atoms with van der Waals surface area (Å²) < 4.78 is 5.51. The molecule has 0 radical (unpaired) electrons. The predicted octanol–water partition coefficient (Wildman–Crippen LogP) is 2.00. The number of aromatic nitrogens is 4. The Morgan fingerprint density at radius 3 is 2.45 bits per heavy atom. The molecule has 1 amide bonds. The van der Waals surface area contributed by atoms with E-state index in [1.165, 1.54) is 0 Å². The normalized spacial score (nSPS) is 10.9. The van der Waals surface area contributed by atoms with E-state index in [0.29, 0.717) is 11.3 Å². The highest BCUT2D eigenvalue weighted by Crippen LogP contribution is 2.23. The maximum Gasteiger partial charge on any atom is 0.325 e. The number of nitrogens with zero attached hydrogens (tertiary/aromatic N) is 2. The number of rotatable bonds is 6. The summed E-state index contributed by atoms with van der Waals surface area (Å²) >= 11 is 1.11. The van der Waals surface area contributed by atoms with E-state index in [4.69, 9.17) is 4.42 Å². The molecule has 2 aromatic heterocycles. The first-order chi connectivity index (χ1) is 13.7. The van der Waals surface area contributed by atoms with Gasteiger partial charge in [0.15, 0.2) is 0 Å². The summed E-state index contributed by atoms with van der Waals surface area (Å²) in [5, 5.41) is 10.9. The Kier molecular flexibility index (Phi) is 6.02. The van der Waals surface area contributed by atoms with Crippen LogP contribution in [-0.4, -0.2) is 31.8 Å². The third kappa shape index (κ3) is 5.02. The van der Waals surface area contributed by atoms with Crippen molar-refractivity contribution >= 4 is 23.4 Å². The number of benzene rings is 1. The molecule has 3 aromatic rings. The van der Waals surface area contributed by atoms with Crippen molar-refractivity contribution in [2.75, 3.05) is 11.1 Å². The summed E-state index contributed by atoms with van der Waals surface area (Å²) in [5.41, 5.74) is 3.67. The van der Waals surface area contributed by atoms with E-state index in [2.05, 4.69) is 25.5 Å². The summed E-state index contributed by atoms with van der Waals surface area (Å²) in [7, 11) is 0. The third-order valence-corrected chi connectivity index (χ3v) is 5.12. The Labute approximate surface area is 170 Å². The van der Waals surface area contributed by atoms with Gasteiger partial charge in [0.2, 0.25) is 11.8 Å². The van der Waals surface area contributed by atoms with Gasteiger partial charge < -0.3 is 14.7 Å². The Morgan fingerprint density at radius 2 is 1.79 bits per heavy atom. The molecule has 29 heavy (non-hydrogen) atoms. The van der Waals surface area contributed by atoms with Gasteiger partial charge in [0.25, 0.3) is 10.8 Å². The molecule has 1 aromatic carbocycles. The summed E-state index contributed by atoms with van der Waals surface area (Å²) in [5.74, 6) is 0.142. The highest BCUT2D eigenvalue weighted by molar-refractivity contribution is 7.99. The molecular weight excluding hydrogens is 394 g/mol. The zero-order chi connectivity index (χ0) is 21.1. The van der Waals surface area contributed by atoms with Crippen LogP contribution < -0.4 is 16.6 Å². The highest BCUT2D eigenvalue weighted by Gasteiger charge is 2.15. The van der Waals surface area contributed by atoms with E-state index in [9.17, 15) is 14.4 Å². The number of carbonyl (C=O) groups is 1. The summed E-state index contributed by atoms with van der Waals surface area (Å²) in [6.45, 7) is 7.54. The predicted molar refractivity (Wildman–Crippen MR) is 110 cm³/mol. The molecule has 3 N–H and O–H groups in total. The van der Waals surface area contributed by atoms with E-state index >= 15 is 0 Å². The van der Waals surface area contributed by atoms with Crippen LogP contribution in [-0.2, 0) is 11.2 Å². The fourth-order valence-corrected chi connectivity index (χ4v) is 3.62. The molecule has 0 aliphatic carbocycles. The van der Waals surface area contributed by atoms with Crippen LogP contribution in [0, 0.1) is 27.7 Å². The fraction of sp³-hybridized carbons (Fsp3) is 0.316. The quantitative estimate of drug-likeness (QED) is 0.524. The Morgan fingerprint density at radius 1 is 1.10 bits per heavy atom. The Balaban J connectivity index is 1.62. The number of thioether (sulfide) groups is 1. The van der Waals surface area contributed by atoms with E-state index in [1.54, 1.807) is 6.92 Å². The zero-order valence-corrected chi connectivity index (χ0v) is 17.3. The van der Waals surface area contributed by atoms with Gasteiger partial charge in [-0.05, 0) is 38.8 Å². The minimum Gasteiger partial charge on any atom is -0.416 e. The van der Waals surface area contributed by atoms with Crippen LogP contribution in [0.15, 0.2) is 31.4 Å². The molecule has 0 unspecified atom stereocenters. The summed E-state index contributed by atoms with van der Waals surface area (Å²) in [6.07, 6.45) is 0.0828. The molecule has 0 bridgehead atoms. The molecule has 2 heterocycles. The second kappa shape index (κ2) is 8.48. The van der Waals surface area contributed by atoms with E-state index < -0.39 is 11.2 Å². The van der Waals surface area contributed by atoms with Crippen LogP contribution in [0.25, 0.3) is 0 Å². The van der Waals surface area contributed by atoms with Crippen LogP contribution >= 0.6 is 11.8 Å². The van der Waals surface area contributed by atoms with Gasteiger partial charge in [0.05, 0.1) is 12.2 Å². The van der Waals surface area contributed by atoms with E-state index in [1.807, 2.05) is 32.9 Å². The Bertz CT molecular complexity index is 1150. The van der Waals surface area contributed by atoms with Crippen molar-refractivity contribution in [3.63, 3.8) is 0 Å². The van der Waals surface area contributed by atoms with Crippen LogP contribution in [0.2, 0.25) is 0 Å². The fourth-order valence-electron chi connectivity index (χ4n) is 3.04. The Hall–Kier alpha value is -3.14. The van der Waals surface area contributed by atoms with Gasteiger partial charge in [-0.15, -0.1) is 10.2 Å². The average molecular weight is 415 g/mol.